The van der Waals surface area contributed by atoms with Crippen LogP contribution in [0.25, 0.3) is 10.2 Å². The van der Waals surface area contributed by atoms with E-state index in [9.17, 15) is 9.59 Å². The number of para-hydroxylation sites is 1. The standard InChI is InChI=1S/C14H17N3O2S/c1-15-6-8-16(9-7-15)13(18)10-17-11-4-2-3-5-12(11)20-14(17)19/h2-5H,6-10H2,1H3. The predicted octanol–water partition coefficient (Wildman–Crippen LogP) is 0.837. The van der Waals surface area contributed by atoms with Crippen LogP contribution in [0, 0.1) is 0 Å². The Balaban J connectivity index is 1.81. The molecule has 5 nitrogen and oxygen atoms in total. The molecule has 1 aromatic heterocycles. The monoisotopic (exact) mass is 291 g/mol. The molecule has 1 aliphatic rings. The van der Waals surface area contributed by atoms with Crippen LogP contribution < -0.4 is 4.87 Å². The lowest BCUT2D eigenvalue weighted by Gasteiger charge is -2.32. The maximum Gasteiger partial charge on any atom is 0.308 e. The quantitative estimate of drug-likeness (QED) is 0.823. The topological polar surface area (TPSA) is 45.5 Å². The first kappa shape index (κ1) is 13.3. The molecule has 2 aromatic rings. The van der Waals surface area contributed by atoms with Crippen molar-refractivity contribution in [3.63, 3.8) is 0 Å². The summed E-state index contributed by atoms with van der Waals surface area (Å²) in [7, 11) is 2.05. The predicted molar refractivity (Wildman–Crippen MR) is 80.2 cm³/mol. The fourth-order valence-corrected chi connectivity index (χ4v) is 3.35. The zero-order valence-corrected chi connectivity index (χ0v) is 12.2. The number of rotatable bonds is 2. The van der Waals surface area contributed by atoms with Crippen molar-refractivity contribution in [1.82, 2.24) is 14.4 Å². The largest absolute Gasteiger partial charge is 0.339 e. The summed E-state index contributed by atoms with van der Waals surface area (Å²) < 4.78 is 2.52. The number of carbonyl (C=O) groups is 1. The Hall–Kier alpha value is -1.66. The van der Waals surface area contributed by atoms with E-state index in [1.165, 1.54) is 11.3 Å². The number of piperazine rings is 1. The minimum absolute atomic E-state index is 0.0313. The van der Waals surface area contributed by atoms with Crippen molar-refractivity contribution in [2.24, 2.45) is 0 Å². The van der Waals surface area contributed by atoms with E-state index >= 15 is 0 Å². The molecule has 1 fully saturated rings. The second-order valence-corrected chi connectivity index (χ2v) is 6.10. The molecule has 2 heterocycles. The van der Waals surface area contributed by atoms with E-state index in [1.807, 2.05) is 29.2 Å². The summed E-state index contributed by atoms with van der Waals surface area (Å²) in [5.41, 5.74) is 0.852. The summed E-state index contributed by atoms with van der Waals surface area (Å²) in [6.45, 7) is 3.42. The average Bonchev–Trinajstić information content (AvgIpc) is 2.76. The summed E-state index contributed by atoms with van der Waals surface area (Å²) >= 11 is 1.20. The average molecular weight is 291 g/mol. The van der Waals surface area contributed by atoms with Gasteiger partial charge in [-0.15, -0.1) is 0 Å². The maximum atomic E-state index is 12.3. The Bertz CT molecular complexity index is 683. The van der Waals surface area contributed by atoms with Gasteiger partial charge in [-0.2, -0.15) is 0 Å². The van der Waals surface area contributed by atoms with Crippen molar-refractivity contribution >= 4 is 27.5 Å². The van der Waals surface area contributed by atoms with Crippen molar-refractivity contribution in [1.29, 1.82) is 0 Å². The minimum atomic E-state index is -0.0614. The zero-order valence-electron chi connectivity index (χ0n) is 11.4. The first-order valence-corrected chi connectivity index (χ1v) is 7.51. The fraction of sp³-hybridized carbons (Fsp3) is 0.429. The number of likely N-dealkylation sites (N-methyl/N-ethyl adjacent to an activating group) is 1. The van der Waals surface area contributed by atoms with Crippen LogP contribution in [0.15, 0.2) is 29.1 Å². The van der Waals surface area contributed by atoms with Crippen molar-refractivity contribution < 1.29 is 4.79 Å². The number of aromatic nitrogens is 1. The van der Waals surface area contributed by atoms with Gasteiger partial charge in [0.2, 0.25) is 5.91 Å². The highest BCUT2D eigenvalue weighted by Gasteiger charge is 2.20. The summed E-state index contributed by atoms with van der Waals surface area (Å²) in [6.07, 6.45) is 0. The SMILES string of the molecule is CN1CCN(C(=O)Cn2c(=O)sc3ccccc32)CC1. The van der Waals surface area contributed by atoms with E-state index in [2.05, 4.69) is 11.9 Å². The van der Waals surface area contributed by atoms with Gasteiger partial charge in [-0.25, -0.2) is 0 Å². The zero-order chi connectivity index (χ0) is 14.1. The molecule has 20 heavy (non-hydrogen) atoms. The Labute approximate surface area is 121 Å². The summed E-state index contributed by atoms with van der Waals surface area (Å²) in [5.74, 6) is 0.0313. The Morgan fingerprint density at radius 1 is 1.20 bits per heavy atom. The molecule has 1 amide bonds. The summed E-state index contributed by atoms with van der Waals surface area (Å²) in [4.78, 5) is 28.3. The van der Waals surface area contributed by atoms with E-state index in [0.29, 0.717) is 0 Å². The molecule has 0 spiro atoms. The molecule has 0 bridgehead atoms. The lowest BCUT2D eigenvalue weighted by Crippen LogP contribution is -2.48. The molecule has 0 unspecified atom stereocenters. The van der Waals surface area contributed by atoms with Crippen LogP contribution in [0.2, 0.25) is 0 Å². The molecule has 1 saturated heterocycles. The van der Waals surface area contributed by atoms with Crippen molar-refractivity contribution in [3.05, 3.63) is 33.9 Å². The van der Waals surface area contributed by atoms with Crippen LogP contribution >= 0.6 is 11.3 Å². The normalized spacial score (nSPS) is 16.8. The maximum absolute atomic E-state index is 12.3. The number of hydrogen-bond acceptors (Lipinski definition) is 4. The van der Waals surface area contributed by atoms with Gasteiger partial charge in [0.1, 0.15) is 6.54 Å². The fourth-order valence-electron chi connectivity index (χ4n) is 2.45. The second kappa shape index (κ2) is 5.38. The first-order chi connectivity index (χ1) is 9.65. The van der Waals surface area contributed by atoms with Crippen LogP contribution in [0.1, 0.15) is 0 Å². The van der Waals surface area contributed by atoms with E-state index in [0.717, 1.165) is 36.4 Å². The number of nitrogens with zero attached hydrogens (tertiary/aromatic N) is 3. The van der Waals surface area contributed by atoms with Crippen molar-refractivity contribution in [3.8, 4) is 0 Å². The number of hydrogen-bond donors (Lipinski definition) is 0. The highest BCUT2D eigenvalue weighted by Crippen LogP contribution is 2.16. The smallest absolute Gasteiger partial charge is 0.308 e. The van der Waals surface area contributed by atoms with Gasteiger partial charge in [0, 0.05) is 26.2 Å². The molecule has 106 valence electrons. The Morgan fingerprint density at radius 2 is 1.90 bits per heavy atom. The third kappa shape index (κ3) is 2.48. The van der Waals surface area contributed by atoms with E-state index in [-0.39, 0.29) is 17.3 Å². The van der Waals surface area contributed by atoms with Gasteiger partial charge in [0.05, 0.1) is 10.2 Å². The van der Waals surface area contributed by atoms with E-state index in [1.54, 1.807) is 4.57 Å². The van der Waals surface area contributed by atoms with Crippen molar-refractivity contribution in [2.75, 3.05) is 33.2 Å². The van der Waals surface area contributed by atoms with Gasteiger partial charge in [-0.1, -0.05) is 23.5 Å². The van der Waals surface area contributed by atoms with Crippen LogP contribution in [-0.4, -0.2) is 53.5 Å². The lowest BCUT2D eigenvalue weighted by atomic mass is 10.3. The summed E-state index contributed by atoms with van der Waals surface area (Å²) in [6, 6.07) is 7.61. The van der Waals surface area contributed by atoms with Gasteiger partial charge >= 0.3 is 4.87 Å². The van der Waals surface area contributed by atoms with Gasteiger partial charge in [-0.3, -0.25) is 14.2 Å². The second-order valence-electron chi connectivity index (χ2n) is 5.11. The van der Waals surface area contributed by atoms with Crippen LogP contribution in [0.5, 0.6) is 0 Å². The van der Waals surface area contributed by atoms with Gasteiger partial charge in [0.25, 0.3) is 0 Å². The first-order valence-electron chi connectivity index (χ1n) is 6.70. The lowest BCUT2D eigenvalue weighted by molar-refractivity contribution is -0.133. The van der Waals surface area contributed by atoms with Gasteiger partial charge in [-0.05, 0) is 19.2 Å². The molecule has 0 saturated carbocycles. The van der Waals surface area contributed by atoms with Crippen LogP contribution in [-0.2, 0) is 11.3 Å². The molecule has 1 aromatic carbocycles. The molecular formula is C14H17N3O2S. The Kier molecular flexibility index (Phi) is 3.58. The molecule has 3 rings (SSSR count). The van der Waals surface area contributed by atoms with Crippen LogP contribution in [0.3, 0.4) is 0 Å². The molecule has 1 aliphatic heterocycles. The van der Waals surface area contributed by atoms with Crippen molar-refractivity contribution in [2.45, 2.75) is 6.54 Å². The number of fused-ring (bicyclic) bond motifs is 1. The highest BCUT2D eigenvalue weighted by atomic mass is 32.1. The molecule has 0 aliphatic carbocycles. The van der Waals surface area contributed by atoms with E-state index in [4.69, 9.17) is 0 Å². The van der Waals surface area contributed by atoms with Crippen LogP contribution in [0.4, 0.5) is 0 Å². The molecule has 6 heteroatoms. The number of thiazole rings is 1. The highest BCUT2D eigenvalue weighted by molar-refractivity contribution is 7.16. The number of amides is 1. The number of carbonyl (C=O) groups excluding carboxylic acids is 1. The van der Waals surface area contributed by atoms with Gasteiger partial charge in [0.15, 0.2) is 0 Å². The molecule has 0 radical (unpaired) electrons. The van der Waals surface area contributed by atoms with Gasteiger partial charge < -0.3 is 9.80 Å². The molecular weight excluding hydrogens is 274 g/mol. The van der Waals surface area contributed by atoms with E-state index < -0.39 is 0 Å². The Morgan fingerprint density at radius 3 is 2.65 bits per heavy atom. The minimum Gasteiger partial charge on any atom is -0.339 e. The molecule has 0 atom stereocenters. The summed E-state index contributed by atoms with van der Waals surface area (Å²) in [5, 5.41) is 0. The molecule has 0 N–H and O–H groups in total. The third-order valence-corrected chi connectivity index (χ3v) is 4.68. The third-order valence-electron chi connectivity index (χ3n) is 3.72. The number of benzene rings is 1.